The summed E-state index contributed by atoms with van der Waals surface area (Å²) in [6.07, 6.45) is 1.92. The Hall–Kier alpha value is -1.40. The van der Waals surface area contributed by atoms with Gasteiger partial charge in [0.1, 0.15) is 0 Å². The van der Waals surface area contributed by atoms with E-state index in [9.17, 15) is 13.2 Å². The Morgan fingerprint density at radius 3 is 2.79 bits per heavy atom. The first-order chi connectivity index (χ1) is 8.91. The lowest BCUT2D eigenvalue weighted by atomic mass is 10.0. The summed E-state index contributed by atoms with van der Waals surface area (Å²) in [4.78, 5) is 11.3. The van der Waals surface area contributed by atoms with E-state index in [-0.39, 0.29) is 10.5 Å². The molecule has 1 heterocycles. The van der Waals surface area contributed by atoms with Crippen LogP contribution in [-0.2, 0) is 10.0 Å². The quantitative estimate of drug-likeness (QED) is 0.904. The Morgan fingerprint density at radius 2 is 2.16 bits per heavy atom. The van der Waals surface area contributed by atoms with Crippen LogP contribution in [-0.4, -0.2) is 31.7 Å². The third-order valence-corrected chi connectivity index (χ3v) is 5.24. The predicted molar refractivity (Wildman–Crippen MR) is 72.1 cm³/mol. The van der Waals surface area contributed by atoms with E-state index in [1.807, 2.05) is 6.92 Å². The van der Waals surface area contributed by atoms with Gasteiger partial charge in [0.15, 0.2) is 0 Å². The summed E-state index contributed by atoms with van der Waals surface area (Å²) in [5, 5.41) is 0. The molecule has 104 valence electrons. The van der Waals surface area contributed by atoms with Crippen molar-refractivity contribution in [3.05, 3.63) is 29.8 Å². The molecule has 1 aliphatic rings. The first-order valence-electron chi connectivity index (χ1n) is 6.31. The first kappa shape index (κ1) is 14.0. The lowest BCUT2D eigenvalue weighted by Crippen LogP contribution is -2.39. The highest BCUT2D eigenvalue weighted by Gasteiger charge is 2.28. The highest BCUT2D eigenvalue weighted by molar-refractivity contribution is 7.89. The Bertz CT molecular complexity index is 583. The van der Waals surface area contributed by atoms with Gasteiger partial charge in [-0.1, -0.05) is 13.0 Å². The second-order valence-corrected chi connectivity index (χ2v) is 6.94. The van der Waals surface area contributed by atoms with Crippen LogP contribution in [0.5, 0.6) is 0 Å². The topological polar surface area (TPSA) is 80.5 Å². The molecule has 1 aromatic rings. The van der Waals surface area contributed by atoms with Crippen molar-refractivity contribution in [2.45, 2.75) is 24.7 Å². The first-order valence-corrected chi connectivity index (χ1v) is 7.75. The van der Waals surface area contributed by atoms with Crippen molar-refractivity contribution in [2.24, 2.45) is 11.7 Å². The van der Waals surface area contributed by atoms with E-state index in [1.54, 1.807) is 6.07 Å². The molecule has 0 bridgehead atoms. The van der Waals surface area contributed by atoms with E-state index < -0.39 is 15.9 Å². The van der Waals surface area contributed by atoms with Gasteiger partial charge in [0, 0.05) is 18.7 Å². The third kappa shape index (κ3) is 2.96. The molecule has 2 N–H and O–H groups in total. The number of carbonyl (C=O) groups is 1. The molecule has 5 nitrogen and oxygen atoms in total. The highest BCUT2D eigenvalue weighted by Crippen LogP contribution is 2.23. The smallest absolute Gasteiger partial charge is 0.248 e. The molecule has 6 heteroatoms. The predicted octanol–water partition coefficient (Wildman–Crippen LogP) is 1.21. The standard InChI is InChI=1S/C13H18N2O3S/c1-10-4-3-7-15(9-10)19(17,18)12-6-2-5-11(8-12)13(14)16/h2,5-6,8,10H,3-4,7,9H2,1H3,(H2,14,16)/t10-/m1/s1. The lowest BCUT2D eigenvalue weighted by molar-refractivity contribution is 0.1000. The van der Waals surface area contributed by atoms with Gasteiger partial charge in [-0.2, -0.15) is 4.31 Å². The second-order valence-electron chi connectivity index (χ2n) is 5.00. The van der Waals surface area contributed by atoms with E-state index >= 15 is 0 Å². The van der Waals surface area contributed by atoms with Crippen molar-refractivity contribution in [2.75, 3.05) is 13.1 Å². The number of rotatable bonds is 3. The number of piperidine rings is 1. The van der Waals surface area contributed by atoms with E-state index in [0.29, 0.717) is 19.0 Å². The minimum Gasteiger partial charge on any atom is -0.366 e. The van der Waals surface area contributed by atoms with E-state index in [0.717, 1.165) is 12.8 Å². The maximum absolute atomic E-state index is 12.5. The van der Waals surface area contributed by atoms with Gasteiger partial charge in [0.25, 0.3) is 0 Å². The average Bonchev–Trinajstić information content (AvgIpc) is 2.39. The van der Waals surface area contributed by atoms with E-state index in [1.165, 1.54) is 22.5 Å². The van der Waals surface area contributed by atoms with Crippen LogP contribution in [0.1, 0.15) is 30.1 Å². The van der Waals surface area contributed by atoms with Crippen LogP contribution in [0.15, 0.2) is 29.2 Å². The van der Waals surface area contributed by atoms with Crippen LogP contribution in [0, 0.1) is 5.92 Å². The van der Waals surface area contributed by atoms with Crippen molar-refractivity contribution >= 4 is 15.9 Å². The van der Waals surface area contributed by atoms with Crippen molar-refractivity contribution in [1.82, 2.24) is 4.31 Å². The molecule has 0 aromatic heterocycles. The molecule has 19 heavy (non-hydrogen) atoms. The Morgan fingerprint density at radius 1 is 1.42 bits per heavy atom. The summed E-state index contributed by atoms with van der Waals surface area (Å²) in [7, 11) is -3.53. The average molecular weight is 282 g/mol. The maximum atomic E-state index is 12.5. The van der Waals surface area contributed by atoms with E-state index in [2.05, 4.69) is 0 Å². The van der Waals surface area contributed by atoms with Crippen LogP contribution in [0.3, 0.4) is 0 Å². The SMILES string of the molecule is C[C@@H]1CCCN(S(=O)(=O)c2cccc(C(N)=O)c2)C1. The monoisotopic (exact) mass is 282 g/mol. The number of hydrogen-bond acceptors (Lipinski definition) is 3. The zero-order valence-electron chi connectivity index (χ0n) is 10.9. The van der Waals surface area contributed by atoms with Gasteiger partial charge in [0.05, 0.1) is 4.90 Å². The number of benzene rings is 1. The molecular formula is C13H18N2O3S. The van der Waals surface area contributed by atoms with Gasteiger partial charge in [-0.15, -0.1) is 0 Å². The fourth-order valence-corrected chi connectivity index (χ4v) is 3.97. The molecule has 0 radical (unpaired) electrons. The lowest BCUT2D eigenvalue weighted by Gasteiger charge is -2.30. The van der Waals surface area contributed by atoms with Gasteiger partial charge < -0.3 is 5.73 Å². The molecule has 1 aromatic carbocycles. The van der Waals surface area contributed by atoms with E-state index in [4.69, 9.17) is 5.73 Å². The zero-order valence-corrected chi connectivity index (χ0v) is 11.7. The zero-order chi connectivity index (χ0) is 14.0. The van der Waals surface area contributed by atoms with Crippen molar-refractivity contribution in [3.63, 3.8) is 0 Å². The molecule has 1 saturated heterocycles. The Kier molecular flexibility index (Phi) is 3.91. The van der Waals surface area contributed by atoms with Crippen LogP contribution in [0.25, 0.3) is 0 Å². The number of carbonyl (C=O) groups excluding carboxylic acids is 1. The molecule has 1 amide bonds. The number of primary amides is 1. The summed E-state index contributed by atoms with van der Waals surface area (Å²) in [6.45, 7) is 3.11. The Labute approximate surface area is 113 Å². The molecule has 1 atom stereocenters. The van der Waals surface area contributed by atoms with Gasteiger partial charge in [-0.25, -0.2) is 8.42 Å². The molecule has 0 aliphatic carbocycles. The van der Waals surface area contributed by atoms with Gasteiger partial charge >= 0.3 is 0 Å². The maximum Gasteiger partial charge on any atom is 0.248 e. The third-order valence-electron chi connectivity index (χ3n) is 3.38. The largest absolute Gasteiger partial charge is 0.366 e. The van der Waals surface area contributed by atoms with Gasteiger partial charge in [-0.3, -0.25) is 4.79 Å². The molecule has 0 saturated carbocycles. The molecule has 0 spiro atoms. The van der Waals surface area contributed by atoms with Crippen molar-refractivity contribution < 1.29 is 13.2 Å². The number of sulfonamides is 1. The van der Waals surface area contributed by atoms with Crippen LogP contribution in [0.2, 0.25) is 0 Å². The number of nitrogens with zero attached hydrogens (tertiary/aromatic N) is 1. The fourth-order valence-electron chi connectivity index (χ4n) is 2.32. The molecule has 0 unspecified atom stereocenters. The molecule has 2 rings (SSSR count). The number of hydrogen-bond donors (Lipinski definition) is 1. The van der Waals surface area contributed by atoms with Crippen molar-refractivity contribution in [3.8, 4) is 0 Å². The summed E-state index contributed by atoms with van der Waals surface area (Å²) in [6, 6.07) is 5.90. The molecule has 1 aliphatic heterocycles. The fraction of sp³-hybridized carbons (Fsp3) is 0.462. The number of amides is 1. The van der Waals surface area contributed by atoms with Crippen molar-refractivity contribution in [1.29, 1.82) is 0 Å². The summed E-state index contributed by atoms with van der Waals surface area (Å²) in [5.74, 6) is -0.257. The minimum atomic E-state index is -3.53. The summed E-state index contributed by atoms with van der Waals surface area (Å²) < 4.78 is 26.5. The van der Waals surface area contributed by atoms with Crippen LogP contribution in [0.4, 0.5) is 0 Å². The Balaban J connectivity index is 2.33. The summed E-state index contributed by atoms with van der Waals surface area (Å²) in [5.41, 5.74) is 5.39. The van der Waals surface area contributed by atoms with Crippen LogP contribution >= 0.6 is 0 Å². The highest BCUT2D eigenvalue weighted by atomic mass is 32.2. The van der Waals surface area contributed by atoms with Crippen LogP contribution < -0.4 is 5.73 Å². The number of nitrogens with two attached hydrogens (primary N) is 1. The van der Waals surface area contributed by atoms with Gasteiger partial charge in [0.2, 0.25) is 15.9 Å². The minimum absolute atomic E-state index is 0.137. The summed E-state index contributed by atoms with van der Waals surface area (Å²) >= 11 is 0. The second kappa shape index (κ2) is 5.30. The molecular weight excluding hydrogens is 264 g/mol. The normalized spacial score (nSPS) is 21.2. The van der Waals surface area contributed by atoms with Gasteiger partial charge in [-0.05, 0) is 37.0 Å². The molecule has 1 fully saturated rings.